The first kappa shape index (κ1) is 16.3. The number of hydrogen-bond donors (Lipinski definition) is 1. The van der Waals surface area contributed by atoms with Crippen LogP contribution in [0.2, 0.25) is 0 Å². The summed E-state index contributed by atoms with van der Waals surface area (Å²) in [6, 6.07) is 11.7. The molecular formula is C18H19N3O2S. The number of ether oxygens (including phenoxy) is 2. The van der Waals surface area contributed by atoms with E-state index in [1.165, 1.54) is 0 Å². The average molecular weight is 341 g/mol. The van der Waals surface area contributed by atoms with Crippen molar-refractivity contribution >= 4 is 33.8 Å². The zero-order valence-electron chi connectivity index (χ0n) is 14.1. The summed E-state index contributed by atoms with van der Waals surface area (Å²) in [5.74, 6) is 1.99. The number of fused-ring (bicyclic) bond motifs is 1. The van der Waals surface area contributed by atoms with E-state index in [0.29, 0.717) is 22.2 Å². The summed E-state index contributed by atoms with van der Waals surface area (Å²) in [4.78, 5) is 10.6. The lowest BCUT2D eigenvalue weighted by atomic mass is 10.1. The predicted molar refractivity (Wildman–Crippen MR) is 101 cm³/mol. The smallest absolute Gasteiger partial charge is 0.150 e. The van der Waals surface area contributed by atoms with Crippen molar-refractivity contribution in [2.45, 2.75) is 0 Å². The Hall–Kier alpha value is -2.60. The highest BCUT2D eigenvalue weighted by Crippen LogP contribution is 2.30. The SMILES string of the molecule is COc1cc(OC)c2nc(C(=S)c3ccccc3N(C)C)[nH]c2c1. The van der Waals surface area contributed by atoms with E-state index < -0.39 is 0 Å². The minimum Gasteiger partial charge on any atom is -0.497 e. The third kappa shape index (κ3) is 2.80. The Morgan fingerprint density at radius 2 is 1.88 bits per heavy atom. The van der Waals surface area contributed by atoms with Crippen LogP contribution in [0.4, 0.5) is 5.69 Å². The van der Waals surface area contributed by atoms with Crippen molar-refractivity contribution in [2.24, 2.45) is 0 Å². The summed E-state index contributed by atoms with van der Waals surface area (Å²) < 4.78 is 10.7. The first-order valence-electron chi connectivity index (χ1n) is 7.48. The molecule has 0 unspecified atom stereocenters. The second kappa shape index (κ2) is 6.49. The van der Waals surface area contributed by atoms with Gasteiger partial charge in [-0.3, -0.25) is 0 Å². The molecule has 124 valence electrons. The van der Waals surface area contributed by atoms with Gasteiger partial charge in [0.1, 0.15) is 22.8 Å². The van der Waals surface area contributed by atoms with Gasteiger partial charge in [0.15, 0.2) is 0 Å². The number of imidazole rings is 1. The molecule has 0 atom stereocenters. The molecule has 0 aliphatic heterocycles. The van der Waals surface area contributed by atoms with Crippen LogP contribution in [0.5, 0.6) is 11.5 Å². The normalized spacial score (nSPS) is 10.7. The zero-order chi connectivity index (χ0) is 17.3. The second-order valence-electron chi connectivity index (χ2n) is 5.55. The fraction of sp³-hybridized carbons (Fsp3) is 0.222. The summed E-state index contributed by atoms with van der Waals surface area (Å²) >= 11 is 5.68. The molecule has 6 heteroatoms. The first-order valence-corrected chi connectivity index (χ1v) is 7.88. The van der Waals surface area contributed by atoms with Crippen molar-refractivity contribution in [2.75, 3.05) is 33.2 Å². The van der Waals surface area contributed by atoms with Crippen LogP contribution in [0, 0.1) is 0 Å². The van der Waals surface area contributed by atoms with Crippen LogP contribution in [-0.4, -0.2) is 43.1 Å². The molecule has 0 aliphatic carbocycles. The maximum absolute atomic E-state index is 5.68. The lowest BCUT2D eigenvalue weighted by Gasteiger charge is -2.17. The van der Waals surface area contributed by atoms with E-state index in [4.69, 9.17) is 21.7 Å². The molecule has 1 heterocycles. The summed E-state index contributed by atoms with van der Waals surface area (Å²) in [5, 5.41) is 0. The van der Waals surface area contributed by atoms with Gasteiger partial charge in [-0.1, -0.05) is 30.4 Å². The molecule has 24 heavy (non-hydrogen) atoms. The largest absolute Gasteiger partial charge is 0.497 e. The van der Waals surface area contributed by atoms with Gasteiger partial charge in [-0.15, -0.1) is 0 Å². The molecule has 0 spiro atoms. The molecule has 1 aromatic heterocycles. The van der Waals surface area contributed by atoms with Gasteiger partial charge in [0, 0.05) is 37.5 Å². The first-order chi connectivity index (χ1) is 11.5. The Balaban J connectivity index is 2.12. The van der Waals surface area contributed by atoms with Crippen molar-refractivity contribution in [3.05, 3.63) is 47.8 Å². The van der Waals surface area contributed by atoms with E-state index in [1.54, 1.807) is 14.2 Å². The van der Waals surface area contributed by atoms with Crippen molar-refractivity contribution < 1.29 is 9.47 Å². The van der Waals surface area contributed by atoms with Crippen LogP contribution < -0.4 is 14.4 Å². The number of anilines is 1. The molecule has 1 N–H and O–H groups in total. The van der Waals surface area contributed by atoms with Crippen LogP contribution in [0.3, 0.4) is 0 Å². The Labute approximate surface area is 146 Å². The summed E-state index contributed by atoms with van der Waals surface area (Å²) in [7, 11) is 7.22. The third-order valence-corrected chi connectivity index (χ3v) is 4.24. The highest BCUT2D eigenvalue weighted by atomic mass is 32.1. The van der Waals surface area contributed by atoms with Crippen LogP contribution >= 0.6 is 12.2 Å². The number of methoxy groups -OCH3 is 2. The quantitative estimate of drug-likeness (QED) is 0.569. The summed E-state index contributed by atoms with van der Waals surface area (Å²) in [5.41, 5.74) is 3.57. The van der Waals surface area contributed by atoms with E-state index in [-0.39, 0.29) is 0 Å². The van der Waals surface area contributed by atoms with Crippen molar-refractivity contribution in [1.82, 2.24) is 9.97 Å². The third-order valence-electron chi connectivity index (χ3n) is 3.83. The van der Waals surface area contributed by atoms with Gasteiger partial charge in [0.2, 0.25) is 0 Å². The monoisotopic (exact) mass is 341 g/mol. The Morgan fingerprint density at radius 1 is 1.12 bits per heavy atom. The van der Waals surface area contributed by atoms with Gasteiger partial charge < -0.3 is 19.4 Å². The molecule has 0 amide bonds. The molecule has 0 fully saturated rings. The number of hydrogen-bond acceptors (Lipinski definition) is 5. The van der Waals surface area contributed by atoms with Gasteiger partial charge in [-0.05, 0) is 6.07 Å². The summed E-state index contributed by atoms with van der Waals surface area (Å²) in [6.07, 6.45) is 0. The Bertz CT molecular complexity index is 902. The van der Waals surface area contributed by atoms with Crippen molar-refractivity contribution in [3.63, 3.8) is 0 Å². The number of nitrogens with zero attached hydrogens (tertiary/aromatic N) is 2. The number of para-hydroxylation sites is 1. The summed E-state index contributed by atoms with van der Waals surface area (Å²) in [6.45, 7) is 0. The zero-order valence-corrected chi connectivity index (χ0v) is 14.9. The van der Waals surface area contributed by atoms with Gasteiger partial charge in [-0.2, -0.15) is 0 Å². The number of nitrogens with one attached hydrogen (secondary N) is 1. The lowest BCUT2D eigenvalue weighted by Crippen LogP contribution is -2.14. The molecule has 5 nitrogen and oxygen atoms in total. The van der Waals surface area contributed by atoms with Crippen LogP contribution in [0.25, 0.3) is 11.0 Å². The number of thiocarbonyl (C=S) groups is 1. The standard InChI is InChI=1S/C18H19N3O2S/c1-21(2)14-8-6-5-7-12(14)17(24)18-19-13-9-11(22-3)10-15(23-4)16(13)20-18/h5-10H,1-4H3,(H,19,20). The molecule has 0 bridgehead atoms. The molecule has 0 saturated heterocycles. The topological polar surface area (TPSA) is 50.4 Å². The van der Waals surface area contributed by atoms with Crippen molar-refractivity contribution in [1.29, 1.82) is 0 Å². The Kier molecular flexibility index (Phi) is 4.40. The van der Waals surface area contributed by atoms with E-state index >= 15 is 0 Å². The minimum absolute atomic E-state index is 0.640. The molecule has 0 aliphatic rings. The van der Waals surface area contributed by atoms with Gasteiger partial charge in [0.05, 0.1) is 24.6 Å². The molecular weight excluding hydrogens is 322 g/mol. The maximum Gasteiger partial charge on any atom is 0.150 e. The molecule has 3 rings (SSSR count). The lowest BCUT2D eigenvalue weighted by molar-refractivity contribution is 0.397. The Morgan fingerprint density at radius 3 is 2.54 bits per heavy atom. The van der Waals surface area contributed by atoms with Crippen LogP contribution in [0.15, 0.2) is 36.4 Å². The van der Waals surface area contributed by atoms with E-state index in [9.17, 15) is 0 Å². The van der Waals surface area contributed by atoms with Gasteiger partial charge in [-0.25, -0.2) is 4.98 Å². The number of benzene rings is 2. The second-order valence-corrected chi connectivity index (χ2v) is 5.96. The maximum atomic E-state index is 5.68. The van der Waals surface area contributed by atoms with Gasteiger partial charge >= 0.3 is 0 Å². The number of rotatable bonds is 5. The molecule has 3 aromatic rings. The fourth-order valence-corrected chi connectivity index (χ4v) is 2.89. The van der Waals surface area contributed by atoms with Crippen molar-refractivity contribution in [3.8, 4) is 11.5 Å². The predicted octanol–water partition coefficient (Wildman–Crippen LogP) is 3.41. The fourth-order valence-electron chi connectivity index (χ4n) is 2.62. The van der Waals surface area contributed by atoms with Gasteiger partial charge in [0.25, 0.3) is 0 Å². The highest BCUT2D eigenvalue weighted by Gasteiger charge is 2.17. The molecule has 0 radical (unpaired) electrons. The van der Waals surface area contributed by atoms with E-state index in [2.05, 4.69) is 9.97 Å². The number of aromatic amines is 1. The van der Waals surface area contributed by atoms with E-state index in [0.717, 1.165) is 22.3 Å². The molecule has 2 aromatic carbocycles. The van der Waals surface area contributed by atoms with Crippen LogP contribution in [0.1, 0.15) is 11.4 Å². The van der Waals surface area contributed by atoms with E-state index in [1.807, 2.05) is 55.4 Å². The highest BCUT2D eigenvalue weighted by molar-refractivity contribution is 7.81. The molecule has 0 saturated carbocycles. The number of aromatic nitrogens is 2. The number of H-pyrrole nitrogens is 1. The minimum atomic E-state index is 0.640. The van der Waals surface area contributed by atoms with Crippen LogP contribution in [-0.2, 0) is 0 Å². The average Bonchev–Trinajstić information content (AvgIpc) is 3.04.